The number of nitrogens with one attached hydrogen (secondary N) is 1. The molecule has 0 aliphatic carbocycles. The van der Waals surface area contributed by atoms with Crippen molar-refractivity contribution in [1.29, 1.82) is 0 Å². The lowest BCUT2D eigenvalue weighted by Gasteiger charge is -2.00. The molecule has 1 amide bonds. The lowest BCUT2D eigenvalue weighted by molar-refractivity contribution is -0.136. The Balaban J connectivity index is 4.92. The minimum Gasteiger partial charge on any atom is -0.477 e. The molecule has 0 rings (SSSR count). The van der Waals surface area contributed by atoms with Crippen molar-refractivity contribution in [2.24, 2.45) is 5.73 Å². The molecule has 0 fully saturated rings. The quantitative estimate of drug-likeness (QED) is 0.290. The monoisotopic (exact) mass is 174 g/mol. The van der Waals surface area contributed by atoms with Crippen molar-refractivity contribution >= 4 is 18.3 Å². The van der Waals surface area contributed by atoms with Gasteiger partial charge in [-0.15, -0.1) is 0 Å². The van der Waals surface area contributed by atoms with Gasteiger partial charge in [0.25, 0.3) is 0 Å². The lowest BCUT2D eigenvalue weighted by Crippen LogP contribution is -2.27. The van der Waals surface area contributed by atoms with Gasteiger partial charge in [-0.25, -0.2) is 9.59 Å². The van der Waals surface area contributed by atoms with Crippen LogP contribution in [0, 0.1) is 0 Å². The molecule has 7 heteroatoms. The molecule has 0 aliphatic heterocycles. The molecule has 0 unspecified atom stereocenters. The number of carboxylic acid groups (broad SMARTS) is 2. The molecule has 0 saturated heterocycles. The van der Waals surface area contributed by atoms with Crippen molar-refractivity contribution in [2.45, 2.75) is 0 Å². The first-order chi connectivity index (χ1) is 5.50. The van der Waals surface area contributed by atoms with Crippen molar-refractivity contribution in [3.63, 3.8) is 0 Å². The summed E-state index contributed by atoms with van der Waals surface area (Å²) in [5.41, 5.74) is 3.05. The minimum absolute atomic E-state index is 0.0270. The summed E-state index contributed by atoms with van der Waals surface area (Å²) in [4.78, 5) is 30.1. The van der Waals surface area contributed by atoms with E-state index in [1.807, 2.05) is 0 Å². The van der Waals surface area contributed by atoms with Crippen molar-refractivity contribution < 1.29 is 24.6 Å². The van der Waals surface area contributed by atoms with Crippen LogP contribution in [-0.2, 0) is 14.4 Å². The largest absolute Gasteiger partial charge is 0.477 e. The third-order valence-corrected chi connectivity index (χ3v) is 0.917. The molecular formula is C5H6N2O5. The Morgan fingerprint density at radius 2 is 1.75 bits per heavy atom. The summed E-state index contributed by atoms with van der Waals surface area (Å²) in [5, 5.41) is 18.2. The third kappa shape index (κ3) is 2.29. The molecule has 7 nitrogen and oxygen atoms in total. The molecule has 0 bridgehead atoms. The molecule has 0 heterocycles. The van der Waals surface area contributed by atoms with Gasteiger partial charge in [-0.2, -0.15) is 0 Å². The zero-order valence-electron chi connectivity index (χ0n) is 5.77. The van der Waals surface area contributed by atoms with Crippen LogP contribution in [0.4, 0.5) is 0 Å². The van der Waals surface area contributed by atoms with E-state index in [9.17, 15) is 14.4 Å². The van der Waals surface area contributed by atoms with Gasteiger partial charge < -0.3 is 21.3 Å². The van der Waals surface area contributed by atoms with E-state index in [1.165, 1.54) is 0 Å². The van der Waals surface area contributed by atoms with Gasteiger partial charge in [0.05, 0.1) is 0 Å². The number of rotatable bonds is 4. The molecule has 66 valence electrons. The Morgan fingerprint density at radius 3 is 2.00 bits per heavy atom. The predicted octanol–water partition coefficient (Wildman–Crippen LogP) is -1.93. The lowest BCUT2D eigenvalue weighted by atomic mass is 10.3. The van der Waals surface area contributed by atoms with Crippen LogP contribution < -0.4 is 11.1 Å². The van der Waals surface area contributed by atoms with Crippen LogP contribution in [0.1, 0.15) is 0 Å². The smallest absolute Gasteiger partial charge is 0.354 e. The highest BCUT2D eigenvalue weighted by atomic mass is 16.4. The van der Waals surface area contributed by atoms with Gasteiger partial charge >= 0.3 is 11.9 Å². The van der Waals surface area contributed by atoms with E-state index in [1.54, 1.807) is 5.32 Å². The first kappa shape index (κ1) is 9.95. The Kier molecular flexibility index (Phi) is 3.28. The number of carboxylic acids is 2. The molecule has 0 aliphatic rings. The fraction of sp³-hybridized carbons (Fsp3) is 0. The van der Waals surface area contributed by atoms with Crippen molar-refractivity contribution in [3.8, 4) is 0 Å². The molecule has 0 aromatic rings. The SMILES string of the molecule is N/C(C(=O)O)=C(\NC=O)C(=O)O. The number of hydrogen-bond acceptors (Lipinski definition) is 4. The molecule has 0 saturated carbocycles. The topological polar surface area (TPSA) is 130 Å². The van der Waals surface area contributed by atoms with E-state index in [4.69, 9.17) is 15.9 Å². The molecule has 0 aromatic heterocycles. The highest BCUT2D eigenvalue weighted by Crippen LogP contribution is 1.93. The van der Waals surface area contributed by atoms with Gasteiger partial charge in [0, 0.05) is 0 Å². The highest BCUT2D eigenvalue weighted by Gasteiger charge is 2.16. The van der Waals surface area contributed by atoms with E-state index in [0.29, 0.717) is 0 Å². The normalized spacial score (nSPS) is 11.3. The summed E-state index contributed by atoms with van der Waals surface area (Å²) < 4.78 is 0. The number of nitrogens with two attached hydrogens (primary N) is 1. The van der Waals surface area contributed by atoms with Crippen molar-refractivity contribution in [3.05, 3.63) is 11.4 Å². The van der Waals surface area contributed by atoms with Gasteiger partial charge in [-0.1, -0.05) is 0 Å². The average Bonchev–Trinajstić information content (AvgIpc) is 1.98. The summed E-state index contributed by atoms with van der Waals surface area (Å²) in [5.74, 6) is -3.22. The van der Waals surface area contributed by atoms with Gasteiger partial charge in [0.1, 0.15) is 5.70 Å². The standard InChI is InChI=1S/C5H6N2O5/c6-2(4(9)10)3(5(11)12)7-1-8/h1H,6H2,(H,7,8)(H,9,10)(H,11,12)/b3-2-. The second-order valence-electron chi connectivity index (χ2n) is 1.66. The number of carbonyl (C=O) groups excluding carboxylic acids is 1. The van der Waals surface area contributed by atoms with E-state index in [2.05, 4.69) is 0 Å². The maximum Gasteiger partial charge on any atom is 0.354 e. The Labute approximate surface area is 66.5 Å². The molecule has 0 radical (unpaired) electrons. The molecular weight excluding hydrogens is 168 g/mol. The predicted molar refractivity (Wildman–Crippen MR) is 35.7 cm³/mol. The number of hydrogen-bond donors (Lipinski definition) is 4. The van der Waals surface area contributed by atoms with Crippen molar-refractivity contribution in [2.75, 3.05) is 0 Å². The van der Waals surface area contributed by atoms with Gasteiger partial charge in [-0.05, 0) is 0 Å². The summed E-state index contributed by atoms with van der Waals surface area (Å²) in [7, 11) is 0. The van der Waals surface area contributed by atoms with Crippen molar-refractivity contribution in [1.82, 2.24) is 5.32 Å². The first-order valence-electron chi connectivity index (χ1n) is 2.67. The Hall–Kier alpha value is -2.05. The summed E-state index contributed by atoms with van der Waals surface area (Å²) in [6, 6.07) is 0. The van der Waals surface area contributed by atoms with E-state index < -0.39 is 23.3 Å². The van der Waals surface area contributed by atoms with Crippen LogP contribution in [0.25, 0.3) is 0 Å². The van der Waals surface area contributed by atoms with E-state index in [-0.39, 0.29) is 6.41 Å². The van der Waals surface area contributed by atoms with Crippen LogP contribution in [0.5, 0.6) is 0 Å². The maximum atomic E-state index is 10.2. The Bertz CT molecular complexity index is 257. The number of aliphatic carboxylic acids is 2. The summed E-state index contributed by atoms with van der Waals surface area (Å²) in [6.07, 6.45) is 0.0270. The van der Waals surface area contributed by atoms with Crippen LogP contribution in [0.15, 0.2) is 11.4 Å². The van der Waals surface area contributed by atoms with Gasteiger partial charge in [-0.3, -0.25) is 4.79 Å². The van der Waals surface area contributed by atoms with Crippen LogP contribution >= 0.6 is 0 Å². The van der Waals surface area contributed by atoms with Gasteiger partial charge in [0.15, 0.2) is 5.70 Å². The van der Waals surface area contributed by atoms with E-state index in [0.717, 1.165) is 0 Å². The molecule has 0 atom stereocenters. The minimum atomic E-state index is -1.61. The first-order valence-corrected chi connectivity index (χ1v) is 2.67. The van der Waals surface area contributed by atoms with Crippen LogP contribution in [-0.4, -0.2) is 28.6 Å². The highest BCUT2D eigenvalue weighted by molar-refractivity contribution is 5.98. The Morgan fingerprint density at radius 1 is 1.25 bits per heavy atom. The molecule has 5 N–H and O–H groups in total. The van der Waals surface area contributed by atoms with Crippen LogP contribution in [0.3, 0.4) is 0 Å². The fourth-order valence-corrected chi connectivity index (χ4v) is 0.421. The molecule has 12 heavy (non-hydrogen) atoms. The fourth-order valence-electron chi connectivity index (χ4n) is 0.421. The molecule has 0 aromatic carbocycles. The van der Waals surface area contributed by atoms with E-state index >= 15 is 0 Å². The van der Waals surface area contributed by atoms with Crippen LogP contribution in [0.2, 0.25) is 0 Å². The average molecular weight is 174 g/mol. The second kappa shape index (κ2) is 3.96. The number of amides is 1. The van der Waals surface area contributed by atoms with Gasteiger partial charge in [0.2, 0.25) is 6.41 Å². The zero-order valence-corrected chi connectivity index (χ0v) is 5.77. The summed E-state index contributed by atoms with van der Waals surface area (Å²) >= 11 is 0. The zero-order chi connectivity index (χ0) is 9.72. The third-order valence-electron chi connectivity index (χ3n) is 0.917. The molecule has 0 spiro atoms. The summed E-state index contributed by atoms with van der Waals surface area (Å²) in [6.45, 7) is 0. The maximum absolute atomic E-state index is 10.2. The number of carbonyl (C=O) groups is 3. The second-order valence-corrected chi connectivity index (χ2v) is 1.66.